The van der Waals surface area contributed by atoms with E-state index in [9.17, 15) is 0 Å². The van der Waals surface area contributed by atoms with Crippen LogP contribution in [-0.2, 0) is 80.4 Å². The molecule has 0 saturated heterocycles. The molecule has 0 unspecified atom stereocenters. The number of furan rings is 4. The number of fused-ring (bicyclic) bond motifs is 12. The Bertz CT molecular complexity index is 7300. The largest absolute Gasteiger partial charge is 0.464 e. The molecule has 20 aromatic rings. The topological polar surface area (TPSA) is 130 Å². The van der Waals surface area contributed by atoms with Gasteiger partial charge in [0.15, 0.2) is 0 Å². The van der Waals surface area contributed by atoms with Crippen molar-refractivity contribution in [2.75, 3.05) is 0 Å². The van der Waals surface area contributed by atoms with Gasteiger partial charge in [-0.25, -0.2) is 0 Å². The third kappa shape index (κ3) is 22.0. The second-order valence-corrected chi connectivity index (χ2v) is 53.5. The Morgan fingerprint density at radius 2 is 0.790 bits per heavy atom. The Balaban J connectivity index is 0.000000156. The summed E-state index contributed by atoms with van der Waals surface area (Å²) in [5, 5.41) is 14.4. The second kappa shape index (κ2) is 40.8. The van der Waals surface area contributed by atoms with Gasteiger partial charge in [0.1, 0.15) is 33.5 Å². The first-order chi connectivity index (χ1) is 62.5. The first kappa shape index (κ1) is 78.5. The van der Waals surface area contributed by atoms with Crippen LogP contribution in [0.3, 0.4) is 0 Å². The summed E-state index contributed by atoms with van der Waals surface area (Å²) in [5.74, 6) is 0. The smallest absolute Gasteiger partial charge is 0.218 e. The summed E-state index contributed by atoms with van der Waals surface area (Å²) in [5.41, 5.74) is 17.5. The SMILES string of the molecule is C[Si](C)(C)c1[c-]c(-c2nccc3c2oc2ccccc23)ccc1.C[Si](C)(C)c1cc[c-]c(-c2ccc3c(n2)oc2ccccc23)c1.C[Si](C)(C)c1ccc[c-]c1-c1ccc2c(n1)oc1ccccc12.C[Si](C)(C)c1cnc(-c2[c-]cccc2)c2oc3ccccc3c12.[2H]C([2H])([2H])c1c[c-]c(-c2ccc(C([2H])([2H])[2H])cn2)cc1.[2H]C([2H])([2H])c1c[c-]c(-c2ccc(C([2H])([2H])[2H])cn2)cc1.[Ir].[Ir].[Ir].[Ir]. The average Bonchev–Trinajstić information content (AvgIpc) is 1.59. The first-order valence-corrected chi connectivity index (χ1v) is 53.7. The summed E-state index contributed by atoms with van der Waals surface area (Å²) in [6.45, 7) is 19.4. The Kier molecular flexibility index (Phi) is 25.8. The molecule has 0 bridgehead atoms. The maximum Gasteiger partial charge on any atom is 0.218 e. The number of benzene rings is 10. The Morgan fingerprint density at radius 3 is 1.31 bits per heavy atom. The van der Waals surface area contributed by atoms with E-state index in [0.29, 0.717) is 33.9 Å². The third-order valence-electron chi connectivity index (χ3n) is 20.4. The van der Waals surface area contributed by atoms with E-state index in [4.69, 9.17) is 49.1 Å². The molecule has 10 heterocycles. The van der Waals surface area contributed by atoms with Gasteiger partial charge in [-0.2, -0.15) is 0 Å². The second-order valence-electron chi connectivity index (χ2n) is 33.3. The van der Waals surface area contributed by atoms with Crippen LogP contribution in [0.2, 0.25) is 78.6 Å². The quantitative estimate of drug-likeness (QED) is 0.0964. The van der Waals surface area contributed by atoms with Gasteiger partial charge in [-0.15, -0.1) is 212 Å². The van der Waals surface area contributed by atoms with Crippen LogP contribution in [0.5, 0.6) is 0 Å². The van der Waals surface area contributed by atoms with E-state index in [0.717, 1.165) is 111 Å². The Hall–Kier alpha value is -10.2. The van der Waals surface area contributed by atoms with E-state index in [1.807, 2.05) is 122 Å². The molecule has 124 heavy (non-hydrogen) atoms. The average molecular weight is 2410 g/mol. The molecule has 20 rings (SSSR count). The molecule has 10 nitrogen and oxygen atoms in total. The van der Waals surface area contributed by atoms with Crippen molar-refractivity contribution < 1.29 is 115 Å². The minimum Gasteiger partial charge on any atom is -0.464 e. The molecule has 0 amide bonds. The molecule has 0 aliphatic carbocycles. The van der Waals surface area contributed by atoms with Crippen molar-refractivity contribution in [2.45, 2.75) is 106 Å². The fourth-order valence-electron chi connectivity index (χ4n) is 14.1. The van der Waals surface area contributed by atoms with Gasteiger partial charge < -0.3 is 37.6 Å². The maximum atomic E-state index is 7.28. The number of rotatable bonds is 10. The molecule has 10 aromatic heterocycles. The molecule has 0 aliphatic heterocycles. The number of nitrogens with zero attached hydrogens (tertiary/aromatic N) is 6. The summed E-state index contributed by atoms with van der Waals surface area (Å²) in [4.78, 5) is 27.0. The van der Waals surface area contributed by atoms with Crippen LogP contribution in [0.25, 0.3) is 156 Å². The molecule has 632 valence electrons. The molecule has 0 saturated carbocycles. The van der Waals surface area contributed by atoms with E-state index in [-0.39, 0.29) is 103 Å². The van der Waals surface area contributed by atoms with Crippen molar-refractivity contribution in [3.63, 3.8) is 0 Å². The predicted octanol–water partition coefficient (Wildman–Crippen LogP) is 26.3. The minimum absolute atomic E-state index is 0. The summed E-state index contributed by atoms with van der Waals surface area (Å²) in [6.07, 6.45) is 6.50. The summed E-state index contributed by atoms with van der Waals surface area (Å²) in [6, 6.07) is 104. The number of pyridine rings is 6. The summed E-state index contributed by atoms with van der Waals surface area (Å²) < 4.78 is 111. The van der Waals surface area contributed by atoms with Crippen LogP contribution in [0.15, 0.2) is 309 Å². The Labute approximate surface area is 802 Å². The number of aromatic nitrogens is 6. The van der Waals surface area contributed by atoms with Gasteiger partial charge in [0.2, 0.25) is 11.4 Å². The van der Waals surface area contributed by atoms with E-state index in [1.54, 1.807) is 24.3 Å². The minimum atomic E-state index is -2.18. The molecule has 4 radical (unpaired) electrons. The van der Waals surface area contributed by atoms with Crippen LogP contribution >= 0.6 is 0 Å². The zero-order valence-electron chi connectivity index (χ0n) is 82.4. The van der Waals surface area contributed by atoms with Crippen molar-refractivity contribution in [2.24, 2.45) is 0 Å². The number of hydrogen-bond acceptors (Lipinski definition) is 10. The van der Waals surface area contributed by atoms with Gasteiger partial charge in [-0.3, -0.25) is 9.97 Å². The van der Waals surface area contributed by atoms with Crippen molar-refractivity contribution in [1.82, 2.24) is 29.9 Å². The number of aryl methyl sites for hydroxylation is 4. The fourth-order valence-corrected chi connectivity index (χ4v) is 19.3. The molecule has 0 fully saturated rings. The monoisotopic (exact) mass is 2410 g/mol. The third-order valence-corrected chi connectivity index (χ3v) is 28.4. The molecule has 0 N–H and O–H groups in total. The van der Waals surface area contributed by atoms with Crippen molar-refractivity contribution in [3.05, 3.63) is 350 Å². The van der Waals surface area contributed by atoms with Crippen LogP contribution in [0.1, 0.15) is 38.7 Å². The molecular weight excluding hydrogens is 2300 g/mol. The van der Waals surface area contributed by atoms with E-state index in [2.05, 4.69) is 227 Å². The predicted molar refractivity (Wildman–Crippen MR) is 511 cm³/mol. The van der Waals surface area contributed by atoms with Crippen molar-refractivity contribution in [1.29, 1.82) is 0 Å². The molecule has 0 aliphatic rings. The van der Waals surface area contributed by atoms with Crippen LogP contribution < -0.4 is 20.7 Å². The summed E-state index contributed by atoms with van der Waals surface area (Å²) >= 11 is 0. The maximum absolute atomic E-state index is 7.28. The number of para-hydroxylation sites is 4. The molecule has 10 aromatic carbocycles. The van der Waals surface area contributed by atoms with E-state index >= 15 is 0 Å². The molecule has 18 heteroatoms. The van der Waals surface area contributed by atoms with Gasteiger partial charge in [0.25, 0.3) is 0 Å². The van der Waals surface area contributed by atoms with Crippen molar-refractivity contribution >= 4 is 141 Å². The van der Waals surface area contributed by atoms with Gasteiger partial charge in [0, 0.05) is 184 Å². The molecular formula is C106H96Ir4N6O4Si4-6. The van der Waals surface area contributed by atoms with Gasteiger partial charge in [-0.1, -0.05) is 214 Å². The molecule has 0 spiro atoms. The van der Waals surface area contributed by atoms with Gasteiger partial charge in [-0.05, 0) is 83.1 Å². The van der Waals surface area contributed by atoms with Crippen LogP contribution in [0, 0.1) is 63.8 Å². The van der Waals surface area contributed by atoms with Gasteiger partial charge in [0.05, 0.1) is 24.2 Å². The number of hydrogen-bond donors (Lipinski definition) is 0. The summed E-state index contributed by atoms with van der Waals surface area (Å²) in [7, 11) is -5.76. The zero-order chi connectivity index (χ0) is 94.0. The standard InChI is InChI=1S/4C20H18NOSi.2C13H12N.4Ir/c1-23(2,3)19-11-7-5-9-16(19)17-13-12-15-14-8-4-6-10-18(14)22-20(15)21-17;1-23(2,3)15-8-6-7-14(13-15)18-12-11-17-16-9-4-5-10-19(16)22-20(17)21-18;1-23(2,3)15-8-6-7-14(13-15)19-20-17(11-12-21-19)16-9-4-5-10-18(16)22-20;1-23(2,3)17-13-21-19(14-9-5-4-6-10-14)20-18(17)15-11-7-8-12-16(15)22-20;2*1-10-3-6-12(7-4-10)13-8-5-11(2)9-14-13;;;;/h4-8,10-13H,1-3H3;4-6,8-13H,1-3H3;4-12H,1-3H3;4-9,11-13H,1-3H3;2*3-6,8-9H,1-2H3;;;;/q6*-1;;;;/i;;;;2*1D3,2D3;;;;. The zero-order valence-corrected chi connectivity index (χ0v) is 83.9. The first-order valence-electron chi connectivity index (χ1n) is 45.7. The van der Waals surface area contributed by atoms with Crippen LogP contribution in [0.4, 0.5) is 0 Å². The fraction of sp³-hybridized carbons (Fsp3) is 0.151. The van der Waals surface area contributed by atoms with E-state index < -0.39 is 59.7 Å². The normalized spacial score (nSPS) is 13.1. The van der Waals surface area contributed by atoms with Crippen molar-refractivity contribution in [3.8, 4) is 67.5 Å². The molecule has 0 atom stereocenters. The van der Waals surface area contributed by atoms with E-state index in [1.165, 1.54) is 80.3 Å². The Morgan fingerprint density at radius 1 is 0.306 bits per heavy atom. The van der Waals surface area contributed by atoms with Crippen LogP contribution in [-0.4, -0.2) is 62.2 Å². The van der Waals surface area contributed by atoms with Gasteiger partial charge >= 0.3 is 0 Å².